The molecule has 0 aliphatic carbocycles. The zero-order chi connectivity index (χ0) is 22.4. The Hall–Kier alpha value is -3.46. The van der Waals surface area contributed by atoms with Gasteiger partial charge in [0.05, 0.1) is 4.90 Å². The Morgan fingerprint density at radius 2 is 1.68 bits per heavy atom. The summed E-state index contributed by atoms with van der Waals surface area (Å²) in [6.07, 6.45) is 0.878. The van der Waals surface area contributed by atoms with Gasteiger partial charge in [0.2, 0.25) is 5.95 Å². The van der Waals surface area contributed by atoms with E-state index in [9.17, 15) is 13.2 Å². The van der Waals surface area contributed by atoms with Gasteiger partial charge in [-0.25, -0.2) is 23.1 Å². The van der Waals surface area contributed by atoms with Crippen molar-refractivity contribution in [2.75, 3.05) is 16.6 Å². The number of aryl methyl sites for hydroxylation is 3. The third-order valence-corrected chi connectivity index (χ3v) is 5.68. The Balaban J connectivity index is 1.60. The lowest BCUT2D eigenvalue weighted by Gasteiger charge is -2.10. The fraction of sp³-hybridized carbons (Fsp3) is 0.227. The second-order valence-corrected chi connectivity index (χ2v) is 8.62. The third kappa shape index (κ3) is 6.26. The second-order valence-electron chi connectivity index (χ2n) is 6.94. The maximum atomic E-state index is 12.6. The molecule has 0 aliphatic heterocycles. The standard InChI is InChI=1S/C22H24N4O4S/c1-4-17-6-5-7-19(13-17)30-14-21(27)25-18-8-10-20(11-9-18)31(28,29)26-22-23-15(2)12-16(3)24-22/h5-13H,4,14H2,1-3H3,(H,25,27)(H,23,24,26). The Bertz CT molecular complexity index is 1160. The molecule has 0 radical (unpaired) electrons. The molecule has 3 aromatic rings. The Kier molecular flexibility index (Phi) is 6.86. The van der Waals surface area contributed by atoms with E-state index in [1.54, 1.807) is 26.0 Å². The number of carbonyl (C=O) groups excluding carboxylic acids is 1. The van der Waals surface area contributed by atoms with Crippen LogP contribution in [0.3, 0.4) is 0 Å². The van der Waals surface area contributed by atoms with Crippen LogP contribution in [-0.4, -0.2) is 30.9 Å². The molecule has 0 unspecified atom stereocenters. The number of aromatic nitrogens is 2. The van der Waals surface area contributed by atoms with E-state index in [1.165, 1.54) is 24.3 Å². The molecule has 0 atom stereocenters. The lowest BCUT2D eigenvalue weighted by Crippen LogP contribution is -2.20. The van der Waals surface area contributed by atoms with Gasteiger partial charge in [0.25, 0.3) is 15.9 Å². The average Bonchev–Trinajstić information content (AvgIpc) is 2.72. The largest absolute Gasteiger partial charge is 0.484 e. The summed E-state index contributed by atoms with van der Waals surface area (Å²) in [6, 6.07) is 15.1. The van der Waals surface area contributed by atoms with E-state index in [1.807, 2.05) is 25.1 Å². The monoisotopic (exact) mass is 440 g/mol. The zero-order valence-electron chi connectivity index (χ0n) is 17.5. The number of hydrogen-bond acceptors (Lipinski definition) is 6. The number of nitrogens with one attached hydrogen (secondary N) is 2. The minimum absolute atomic E-state index is 0.0131. The quantitative estimate of drug-likeness (QED) is 0.555. The minimum atomic E-state index is -3.86. The Morgan fingerprint density at radius 1 is 1.00 bits per heavy atom. The van der Waals surface area contributed by atoms with Gasteiger partial charge >= 0.3 is 0 Å². The summed E-state index contributed by atoms with van der Waals surface area (Å²) in [5, 5.41) is 2.68. The van der Waals surface area contributed by atoms with Crippen molar-refractivity contribution in [3.8, 4) is 5.75 Å². The van der Waals surface area contributed by atoms with Crippen molar-refractivity contribution in [2.45, 2.75) is 32.1 Å². The topological polar surface area (TPSA) is 110 Å². The molecule has 8 nitrogen and oxygen atoms in total. The first-order valence-corrected chi connectivity index (χ1v) is 11.2. The highest BCUT2D eigenvalue weighted by Gasteiger charge is 2.16. The summed E-state index contributed by atoms with van der Waals surface area (Å²) in [5.74, 6) is 0.286. The maximum Gasteiger partial charge on any atom is 0.264 e. The van der Waals surface area contributed by atoms with Gasteiger partial charge < -0.3 is 10.1 Å². The van der Waals surface area contributed by atoms with E-state index in [2.05, 4.69) is 20.0 Å². The molecule has 3 rings (SSSR count). The number of carbonyl (C=O) groups is 1. The van der Waals surface area contributed by atoms with Gasteiger partial charge in [0, 0.05) is 17.1 Å². The van der Waals surface area contributed by atoms with E-state index in [4.69, 9.17) is 4.74 Å². The molecule has 1 aromatic heterocycles. The van der Waals surface area contributed by atoms with Crippen molar-refractivity contribution < 1.29 is 17.9 Å². The molecule has 162 valence electrons. The molecule has 1 heterocycles. The number of nitrogens with zero attached hydrogens (tertiary/aromatic N) is 2. The van der Waals surface area contributed by atoms with Gasteiger partial charge in [0.1, 0.15) is 5.75 Å². The second kappa shape index (κ2) is 9.57. The smallest absolute Gasteiger partial charge is 0.264 e. The number of hydrogen-bond donors (Lipinski definition) is 2. The van der Waals surface area contributed by atoms with Crippen molar-refractivity contribution in [3.05, 3.63) is 71.5 Å². The van der Waals surface area contributed by atoms with Crippen molar-refractivity contribution in [2.24, 2.45) is 0 Å². The lowest BCUT2D eigenvalue weighted by molar-refractivity contribution is -0.118. The van der Waals surface area contributed by atoms with Gasteiger partial charge in [-0.05, 0) is 68.3 Å². The van der Waals surface area contributed by atoms with E-state index in [0.29, 0.717) is 22.8 Å². The van der Waals surface area contributed by atoms with Crippen LogP contribution in [0, 0.1) is 13.8 Å². The summed E-state index contributed by atoms with van der Waals surface area (Å²) in [6.45, 7) is 5.40. The predicted octanol–water partition coefficient (Wildman–Crippen LogP) is 3.47. The van der Waals surface area contributed by atoms with Gasteiger partial charge in [-0.2, -0.15) is 0 Å². The number of benzene rings is 2. The summed E-state index contributed by atoms with van der Waals surface area (Å²) in [4.78, 5) is 20.3. The number of ether oxygens (including phenoxy) is 1. The minimum Gasteiger partial charge on any atom is -0.484 e. The van der Waals surface area contributed by atoms with Crippen molar-refractivity contribution in [3.63, 3.8) is 0 Å². The van der Waals surface area contributed by atoms with Gasteiger partial charge in [-0.3, -0.25) is 4.79 Å². The van der Waals surface area contributed by atoms with Crippen molar-refractivity contribution in [1.82, 2.24) is 9.97 Å². The predicted molar refractivity (Wildman–Crippen MR) is 119 cm³/mol. The van der Waals surface area contributed by atoms with Crippen molar-refractivity contribution in [1.29, 1.82) is 0 Å². The molecule has 0 fully saturated rings. The van der Waals surface area contributed by atoms with Crippen LogP contribution in [0.2, 0.25) is 0 Å². The molecule has 0 saturated carbocycles. The molecule has 0 bridgehead atoms. The molecular weight excluding hydrogens is 416 g/mol. The molecular formula is C22H24N4O4S. The van der Waals surface area contributed by atoms with E-state index in [0.717, 1.165) is 12.0 Å². The fourth-order valence-corrected chi connectivity index (χ4v) is 3.81. The first-order chi connectivity index (χ1) is 14.7. The van der Waals surface area contributed by atoms with Crippen LogP contribution >= 0.6 is 0 Å². The zero-order valence-corrected chi connectivity index (χ0v) is 18.4. The fourth-order valence-electron chi connectivity index (χ4n) is 2.87. The van der Waals surface area contributed by atoms with Crippen LogP contribution in [0.4, 0.5) is 11.6 Å². The van der Waals surface area contributed by atoms with Crippen LogP contribution in [0.25, 0.3) is 0 Å². The summed E-state index contributed by atoms with van der Waals surface area (Å²) in [7, 11) is -3.86. The normalized spacial score (nSPS) is 11.1. The number of amides is 1. The first-order valence-electron chi connectivity index (χ1n) is 9.72. The van der Waals surface area contributed by atoms with E-state index in [-0.39, 0.29) is 23.4 Å². The molecule has 0 aliphatic rings. The molecule has 0 spiro atoms. The van der Waals surface area contributed by atoms with Gasteiger partial charge in [-0.1, -0.05) is 19.1 Å². The van der Waals surface area contributed by atoms with Crippen LogP contribution in [-0.2, 0) is 21.2 Å². The molecule has 1 amide bonds. The Morgan fingerprint density at radius 3 is 2.32 bits per heavy atom. The van der Waals surface area contributed by atoms with Crippen LogP contribution in [0.5, 0.6) is 5.75 Å². The average molecular weight is 441 g/mol. The van der Waals surface area contributed by atoms with E-state index >= 15 is 0 Å². The van der Waals surface area contributed by atoms with Gasteiger partial charge in [0.15, 0.2) is 6.61 Å². The molecule has 0 saturated heterocycles. The summed E-state index contributed by atoms with van der Waals surface area (Å²) < 4.78 is 33.0. The first kappa shape index (κ1) is 22.2. The van der Waals surface area contributed by atoms with Crippen LogP contribution in [0.1, 0.15) is 23.9 Å². The van der Waals surface area contributed by atoms with E-state index < -0.39 is 10.0 Å². The number of anilines is 2. The molecule has 2 aromatic carbocycles. The molecule has 2 N–H and O–H groups in total. The number of sulfonamides is 1. The lowest BCUT2D eigenvalue weighted by atomic mass is 10.2. The summed E-state index contributed by atoms with van der Waals surface area (Å²) in [5.41, 5.74) is 2.89. The van der Waals surface area contributed by atoms with Crippen molar-refractivity contribution >= 4 is 27.6 Å². The highest BCUT2D eigenvalue weighted by atomic mass is 32.2. The number of rotatable bonds is 8. The molecule has 31 heavy (non-hydrogen) atoms. The SMILES string of the molecule is CCc1cccc(OCC(=O)Nc2ccc(S(=O)(=O)Nc3nc(C)cc(C)n3)cc2)c1. The van der Waals surface area contributed by atoms with Crippen LogP contribution in [0.15, 0.2) is 59.5 Å². The van der Waals surface area contributed by atoms with Crippen LogP contribution < -0.4 is 14.8 Å². The maximum absolute atomic E-state index is 12.6. The third-order valence-electron chi connectivity index (χ3n) is 4.33. The highest BCUT2D eigenvalue weighted by Crippen LogP contribution is 2.18. The molecule has 9 heteroatoms. The Labute approximate surface area is 181 Å². The van der Waals surface area contributed by atoms with Gasteiger partial charge in [-0.15, -0.1) is 0 Å². The highest BCUT2D eigenvalue weighted by molar-refractivity contribution is 7.92. The summed E-state index contributed by atoms with van der Waals surface area (Å²) >= 11 is 0.